The van der Waals surface area contributed by atoms with E-state index >= 15 is 0 Å². The molecule has 7 atom stereocenters. The maximum Gasteiger partial charge on any atom is 0.305 e. The van der Waals surface area contributed by atoms with Gasteiger partial charge in [0.25, 0.3) is 0 Å². The number of amides is 2. The Kier molecular flexibility index (Phi) is 4.40. The van der Waals surface area contributed by atoms with Crippen molar-refractivity contribution in [1.29, 1.82) is 0 Å². The van der Waals surface area contributed by atoms with Crippen molar-refractivity contribution in [3.8, 4) is 0 Å². The quantitative estimate of drug-likeness (QED) is 0.472. The monoisotopic (exact) mass is 538 g/mol. The van der Waals surface area contributed by atoms with Gasteiger partial charge in [-0.05, 0) is 54.0 Å². The number of halogens is 1. The van der Waals surface area contributed by atoms with Crippen molar-refractivity contribution < 1.29 is 9.59 Å². The number of fused-ring (bicyclic) bond motifs is 9. The van der Waals surface area contributed by atoms with E-state index in [9.17, 15) is 14.4 Å². The molecule has 2 aliphatic carbocycles. The number of carbonyl (C=O) groups is 2. The number of para-hydroxylation sites is 1. The molecule has 5 nitrogen and oxygen atoms in total. The molecule has 7 rings (SSSR count). The molecular weight excluding hydrogens is 520 g/mol. The third-order valence-corrected chi connectivity index (χ3v) is 11.1. The SMILES string of the molecule is O=C1[C@H]2[C@H]3C[C@@H]([C@@H]2C(=O)N1c1ccccc1)[C@H]1[C@H](c2ccc(Br)cc2)c2sc(=O)[nH]c2S[C@H]31. The molecule has 2 aliphatic heterocycles. The summed E-state index contributed by atoms with van der Waals surface area (Å²) in [5.74, 6) is -0.0333. The highest BCUT2D eigenvalue weighted by Gasteiger charge is 2.69. The minimum Gasteiger partial charge on any atom is -0.307 e. The maximum absolute atomic E-state index is 13.6. The molecule has 0 spiro atoms. The number of nitrogens with zero attached hydrogens (tertiary/aromatic N) is 1. The van der Waals surface area contributed by atoms with Crippen LogP contribution >= 0.6 is 39.0 Å². The minimum absolute atomic E-state index is 0.0375. The van der Waals surface area contributed by atoms with Gasteiger partial charge in [0.2, 0.25) is 11.8 Å². The normalized spacial score (nSPS) is 33.8. The number of hydrogen-bond acceptors (Lipinski definition) is 5. The zero-order chi connectivity index (χ0) is 22.4. The summed E-state index contributed by atoms with van der Waals surface area (Å²) in [6.07, 6.45) is 0.907. The lowest BCUT2D eigenvalue weighted by Crippen LogP contribution is -2.42. The Labute approximate surface area is 206 Å². The molecule has 3 aromatic rings. The number of hydrogen-bond donors (Lipinski definition) is 1. The van der Waals surface area contributed by atoms with Gasteiger partial charge in [-0.15, -0.1) is 11.8 Å². The summed E-state index contributed by atoms with van der Waals surface area (Å²) in [4.78, 5) is 45.0. The molecule has 8 heteroatoms. The number of imide groups is 1. The van der Waals surface area contributed by atoms with Crippen LogP contribution in [0.3, 0.4) is 0 Å². The number of aromatic amines is 1. The van der Waals surface area contributed by atoms with E-state index in [2.05, 4.69) is 33.0 Å². The zero-order valence-electron chi connectivity index (χ0n) is 17.3. The van der Waals surface area contributed by atoms with E-state index < -0.39 is 0 Å². The minimum atomic E-state index is -0.264. The first-order valence-electron chi connectivity index (χ1n) is 11.1. The van der Waals surface area contributed by atoms with Crippen molar-refractivity contribution in [2.24, 2.45) is 29.6 Å². The first kappa shape index (κ1) is 20.2. The molecule has 3 heterocycles. The van der Waals surface area contributed by atoms with E-state index in [1.54, 1.807) is 11.8 Å². The fraction of sp³-hybridized carbons (Fsp3) is 0.320. The summed E-state index contributed by atoms with van der Waals surface area (Å²) in [6.45, 7) is 0. The van der Waals surface area contributed by atoms with Crippen molar-refractivity contribution in [2.45, 2.75) is 22.6 Å². The van der Waals surface area contributed by atoms with Crippen molar-refractivity contribution in [2.75, 3.05) is 4.90 Å². The molecule has 1 N–H and O–H groups in total. The number of nitrogens with one attached hydrogen (secondary N) is 1. The van der Waals surface area contributed by atoms with Crippen LogP contribution in [0.4, 0.5) is 5.69 Å². The summed E-state index contributed by atoms with van der Waals surface area (Å²) in [6, 6.07) is 17.6. The Morgan fingerprint density at radius 1 is 0.909 bits per heavy atom. The average molecular weight is 539 g/mol. The predicted molar refractivity (Wildman–Crippen MR) is 132 cm³/mol. The van der Waals surface area contributed by atoms with Crippen LogP contribution < -0.4 is 9.77 Å². The lowest BCUT2D eigenvalue weighted by molar-refractivity contribution is -0.123. The molecule has 2 amide bonds. The molecule has 33 heavy (non-hydrogen) atoms. The van der Waals surface area contributed by atoms with Crippen molar-refractivity contribution >= 4 is 56.5 Å². The second-order valence-electron chi connectivity index (χ2n) is 9.36. The lowest BCUT2D eigenvalue weighted by Gasteiger charge is -2.43. The molecule has 4 aliphatic rings. The number of aromatic nitrogens is 1. The molecule has 2 bridgehead atoms. The summed E-state index contributed by atoms with van der Waals surface area (Å²) < 4.78 is 1.01. The van der Waals surface area contributed by atoms with Crippen LogP contribution in [0.25, 0.3) is 0 Å². The predicted octanol–water partition coefficient (Wildman–Crippen LogP) is 4.88. The molecule has 1 aromatic heterocycles. The Morgan fingerprint density at radius 2 is 1.61 bits per heavy atom. The van der Waals surface area contributed by atoms with Crippen LogP contribution in [0.5, 0.6) is 0 Å². The molecule has 0 unspecified atom stereocenters. The smallest absolute Gasteiger partial charge is 0.305 e. The molecule has 2 aromatic carbocycles. The lowest BCUT2D eigenvalue weighted by atomic mass is 9.68. The van der Waals surface area contributed by atoms with Crippen molar-refractivity contribution in [1.82, 2.24) is 4.98 Å². The first-order chi connectivity index (χ1) is 16.0. The van der Waals surface area contributed by atoms with E-state index in [1.807, 2.05) is 42.5 Å². The number of carbonyl (C=O) groups excluding carboxylic acids is 2. The molecule has 1 saturated heterocycles. The van der Waals surface area contributed by atoms with Crippen LogP contribution in [0.1, 0.15) is 22.8 Å². The summed E-state index contributed by atoms with van der Waals surface area (Å²) in [5.41, 5.74) is 1.84. The van der Waals surface area contributed by atoms with Crippen LogP contribution in [0.2, 0.25) is 0 Å². The Balaban J connectivity index is 1.34. The number of H-pyrrole nitrogens is 1. The van der Waals surface area contributed by atoms with E-state index in [4.69, 9.17) is 0 Å². The Morgan fingerprint density at radius 3 is 2.33 bits per heavy atom. The van der Waals surface area contributed by atoms with Crippen LogP contribution in [-0.4, -0.2) is 22.0 Å². The summed E-state index contributed by atoms with van der Waals surface area (Å²) >= 11 is 6.55. The fourth-order valence-corrected chi connectivity index (χ4v) is 10.0. The van der Waals surface area contributed by atoms with Gasteiger partial charge in [0.1, 0.15) is 0 Å². The second-order valence-corrected chi connectivity index (χ2v) is 12.5. The van der Waals surface area contributed by atoms with Crippen LogP contribution in [0, 0.1) is 29.6 Å². The highest BCUT2D eigenvalue weighted by Crippen LogP contribution is 2.68. The van der Waals surface area contributed by atoms with Crippen molar-refractivity contribution in [3.63, 3.8) is 0 Å². The van der Waals surface area contributed by atoms with E-state index in [-0.39, 0.29) is 57.4 Å². The maximum atomic E-state index is 13.6. The third-order valence-electron chi connectivity index (χ3n) is 7.97. The Hall–Kier alpha value is -2.16. The van der Waals surface area contributed by atoms with Crippen LogP contribution in [0.15, 0.2) is 68.9 Å². The third kappa shape index (κ3) is 2.74. The topological polar surface area (TPSA) is 70.2 Å². The van der Waals surface area contributed by atoms with Gasteiger partial charge in [-0.1, -0.05) is 57.6 Å². The first-order valence-corrected chi connectivity index (χ1v) is 13.6. The fourth-order valence-electron chi connectivity index (χ4n) is 6.89. The molecule has 2 saturated carbocycles. The van der Waals surface area contributed by atoms with Gasteiger partial charge >= 0.3 is 4.87 Å². The van der Waals surface area contributed by atoms with Gasteiger partial charge in [0.05, 0.1) is 22.5 Å². The standard InChI is InChI=1S/C25H19BrN2O3S2/c26-12-8-6-11(7-9-12)16-17-14-10-15(20(17)32-22-21(16)33-25(31)27-22)19-18(14)23(29)28(24(19)30)13-4-2-1-3-5-13/h1-9,14-20H,10H2,(H,27,31)/t14-,15-,16+,17+,18+,19+,20-/m1/s1. The largest absolute Gasteiger partial charge is 0.307 e. The number of benzene rings is 2. The number of thioether (sulfide) groups is 1. The van der Waals surface area contributed by atoms with Gasteiger partial charge in [-0.25, -0.2) is 0 Å². The zero-order valence-corrected chi connectivity index (χ0v) is 20.5. The molecular formula is C25H19BrN2O3S2. The van der Waals surface area contributed by atoms with Crippen molar-refractivity contribution in [3.05, 3.63) is 79.2 Å². The van der Waals surface area contributed by atoms with Gasteiger partial charge in [0, 0.05) is 20.5 Å². The van der Waals surface area contributed by atoms with Crippen LogP contribution in [-0.2, 0) is 9.59 Å². The molecule has 3 fully saturated rings. The number of anilines is 1. The highest BCUT2D eigenvalue weighted by molar-refractivity contribution is 9.10. The highest BCUT2D eigenvalue weighted by atomic mass is 79.9. The summed E-state index contributed by atoms with van der Waals surface area (Å²) in [5, 5.41) is 1.16. The number of rotatable bonds is 2. The van der Waals surface area contributed by atoms with Gasteiger partial charge in [0.15, 0.2) is 0 Å². The van der Waals surface area contributed by atoms with E-state index in [0.717, 1.165) is 20.8 Å². The molecule has 166 valence electrons. The van der Waals surface area contributed by atoms with E-state index in [1.165, 1.54) is 21.8 Å². The van der Waals surface area contributed by atoms with Gasteiger partial charge in [-0.2, -0.15) is 0 Å². The second kappa shape index (κ2) is 7.17. The summed E-state index contributed by atoms with van der Waals surface area (Å²) in [7, 11) is 0. The van der Waals surface area contributed by atoms with Gasteiger partial charge < -0.3 is 4.98 Å². The average Bonchev–Trinajstić information content (AvgIpc) is 3.54. The molecule has 0 radical (unpaired) electrons. The Bertz CT molecular complexity index is 1350. The number of thiazole rings is 1. The van der Waals surface area contributed by atoms with E-state index in [0.29, 0.717) is 5.69 Å². The van der Waals surface area contributed by atoms with Gasteiger partial charge in [-0.3, -0.25) is 19.3 Å².